The minimum absolute atomic E-state index is 0.234. The Kier molecular flexibility index (Phi) is 6.51. The molecule has 35 heavy (non-hydrogen) atoms. The second-order valence-electron chi connectivity index (χ2n) is 9.42. The minimum Gasteiger partial charge on any atom is -0.481 e. The van der Waals surface area contributed by atoms with Gasteiger partial charge in [0.15, 0.2) is 0 Å². The highest BCUT2D eigenvalue weighted by Crippen LogP contribution is 2.39. The highest BCUT2D eigenvalue weighted by atomic mass is 16.5. The molecule has 0 saturated carbocycles. The van der Waals surface area contributed by atoms with Gasteiger partial charge in [0.25, 0.3) is 5.91 Å². The summed E-state index contributed by atoms with van der Waals surface area (Å²) in [6, 6.07) is 12.0. The fourth-order valence-corrected chi connectivity index (χ4v) is 5.06. The third-order valence-electron chi connectivity index (χ3n) is 6.86. The fourth-order valence-electron chi connectivity index (χ4n) is 5.06. The summed E-state index contributed by atoms with van der Waals surface area (Å²) < 4.78 is 5.11. The van der Waals surface area contributed by atoms with Crippen LogP contribution in [0.1, 0.15) is 48.8 Å². The summed E-state index contributed by atoms with van der Waals surface area (Å²) in [7, 11) is 1.56. The van der Waals surface area contributed by atoms with Gasteiger partial charge in [0.1, 0.15) is 0 Å². The van der Waals surface area contributed by atoms with E-state index in [0.29, 0.717) is 29.3 Å². The van der Waals surface area contributed by atoms with Crippen LogP contribution in [-0.2, 0) is 11.3 Å². The first-order valence-electron chi connectivity index (χ1n) is 12.1. The number of hydrogen-bond donors (Lipinski definition) is 2. The molecule has 0 unspecified atom stereocenters. The third-order valence-corrected chi connectivity index (χ3v) is 6.86. The van der Waals surface area contributed by atoms with Crippen LogP contribution in [0.5, 0.6) is 5.88 Å². The normalized spacial score (nSPS) is 17.8. The number of allylic oxidation sites excluding steroid dienone is 1. The molecule has 1 amide bonds. The van der Waals surface area contributed by atoms with E-state index in [1.54, 1.807) is 25.4 Å². The number of hydrogen-bond acceptors (Lipinski definition) is 6. The molecule has 0 spiro atoms. The van der Waals surface area contributed by atoms with E-state index in [1.165, 1.54) is 18.4 Å². The standard InChI is InChI=1S/C28H31N5O2/c1-18-11-25(29)27(28(34)32-22-6-8-26(35-2)31-16-22)24-13-20(5-7-23(18)24)21-12-19(14-30-15-21)17-33-9-3-4-10-33/h5-8,12-16,18H,3-4,9-11,17,29H2,1-2H3,(H,32,34)/t18-/m1/s1. The predicted molar refractivity (Wildman–Crippen MR) is 138 cm³/mol. The average Bonchev–Trinajstić information content (AvgIpc) is 3.37. The molecule has 1 aliphatic heterocycles. The van der Waals surface area contributed by atoms with Gasteiger partial charge >= 0.3 is 0 Å². The highest BCUT2D eigenvalue weighted by molar-refractivity contribution is 6.26. The maximum absolute atomic E-state index is 13.4. The van der Waals surface area contributed by atoms with E-state index in [2.05, 4.69) is 51.4 Å². The Labute approximate surface area is 206 Å². The highest BCUT2D eigenvalue weighted by Gasteiger charge is 2.28. The summed E-state index contributed by atoms with van der Waals surface area (Å²) in [4.78, 5) is 24.5. The van der Waals surface area contributed by atoms with Crippen molar-refractivity contribution in [3.05, 3.63) is 77.4 Å². The quantitative estimate of drug-likeness (QED) is 0.550. The first-order valence-corrected chi connectivity index (χ1v) is 12.1. The maximum atomic E-state index is 13.4. The lowest BCUT2D eigenvalue weighted by atomic mass is 9.80. The zero-order valence-corrected chi connectivity index (χ0v) is 20.3. The lowest BCUT2D eigenvalue weighted by Crippen LogP contribution is -2.23. The number of nitrogens with one attached hydrogen (secondary N) is 1. The Balaban J connectivity index is 1.45. The summed E-state index contributed by atoms with van der Waals surface area (Å²) in [5.74, 6) is 0.488. The number of methoxy groups -OCH3 is 1. The van der Waals surface area contributed by atoms with Crippen LogP contribution in [0.4, 0.5) is 5.69 Å². The molecule has 1 aromatic carbocycles. The Hall–Kier alpha value is -3.71. The number of amides is 1. The van der Waals surface area contributed by atoms with E-state index in [4.69, 9.17) is 10.5 Å². The van der Waals surface area contributed by atoms with Crippen molar-refractivity contribution in [1.82, 2.24) is 14.9 Å². The molecule has 5 rings (SSSR count). The van der Waals surface area contributed by atoms with Crippen molar-refractivity contribution in [2.75, 3.05) is 25.5 Å². The molecule has 1 fully saturated rings. The van der Waals surface area contributed by atoms with Crippen molar-refractivity contribution in [3.8, 4) is 17.0 Å². The maximum Gasteiger partial charge on any atom is 0.258 e. The summed E-state index contributed by atoms with van der Waals surface area (Å²) >= 11 is 0. The molecule has 180 valence electrons. The number of aromatic nitrogens is 2. The first-order chi connectivity index (χ1) is 17.0. The number of nitrogens with two attached hydrogens (primary N) is 1. The SMILES string of the molecule is COc1ccc(NC(=O)C2=C(N)C[C@@H](C)c3ccc(-c4cncc(CN5CCCC5)c4)cc32)cn1. The number of pyridine rings is 2. The largest absolute Gasteiger partial charge is 0.481 e. The molecular formula is C28H31N5O2. The molecule has 2 aliphatic rings. The first kappa shape index (κ1) is 23.1. The van der Waals surface area contributed by atoms with Crippen LogP contribution in [-0.4, -0.2) is 41.0 Å². The van der Waals surface area contributed by atoms with Crippen LogP contribution in [0.15, 0.2) is 60.7 Å². The molecule has 1 atom stereocenters. The van der Waals surface area contributed by atoms with Crippen molar-refractivity contribution < 1.29 is 9.53 Å². The van der Waals surface area contributed by atoms with Crippen LogP contribution in [0.25, 0.3) is 16.7 Å². The molecule has 3 heterocycles. The number of carbonyl (C=O) groups is 1. The van der Waals surface area contributed by atoms with E-state index < -0.39 is 0 Å². The number of likely N-dealkylation sites (tertiary alicyclic amines) is 1. The molecule has 0 radical (unpaired) electrons. The van der Waals surface area contributed by atoms with Crippen molar-refractivity contribution in [2.45, 2.75) is 38.6 Å². The zero-order valence-electron chi connectivity index (χ0n) is 20.3. The summed E-state index contributed by atoms with van der Waals surface area (Å²) in [6.45, 7) is 5.35. The minimum atomic E-state index is -0.235. The van der Waals surface area contributed by atoms with Gasteiger partial charge in [-0.05, 0) is 78.7 Å². The zero-order chi connectivity index (χ0) is 24.4. The molecule has 1 saturated heterocycles. The van der Waals surface area contributed by atoms with Gasteiger partial charge in [0, 0.05) is 36.3 Å². The fraction of sp³-hybridized carbons (Fsp3) is 0.321. The van der Waals surface area contributed by atoms with Gasteiger partial charge in [-0.3, -0.25) is 14.7 Å². The molecular weight excluding hydrogens is 438 g/mol. The van der Waals surface area contributed by atoms with Gasteiger partial charge in [0.05, 0.1) is 24.6 Å². The number of anilines is 1. The molecule has 7 nitrogen and oxygen atoms in total. The second-order valence-corrected chi connectivity index (χ2v) is 9.42. The monoisotopic (exact) mass is 469 g/mol. The topological polar surface area (TPSA) is 93.4 Å². The van der Waals surface area contributed by atoms with E-state index in [9.17, 15) is 4.79 Å². The lowest BCUT2D eigenvalue weighted by molar-refractivity contribution is -0.111. The number of benzene rings is 1. The number of fused-ring (bicyclic) bond motifs is 1. The van der Waals surface area contributed by atoms with E-state index in [-0.39, 0.29) is 11.8 Å². The Morgan fingerprint density at radius 3 is 2.69 bits per heavy atom. The second kappa shape index (κ2) is 9.88. The van der Waals surface area contributed by atoms with Crippen LogP contribution in [0, 0.1) is 0 Å². The molecule has 7 heteroatoms. The molecule has 3 N–H and O–H groups in total. The summed E-state index contributed by atoms with van der Waals surface area (Å²) in [5, 5.41) is 2.95. The predicted octanol–water partition coefficient (Wildman–Crippen LogP) is 4.56. The van der Waals surface area contributed by atoms with Crippen molar-refractivity contribution in [1.29, 1.82) is 0 Å². The molecule has 1 aliphatic carbocycles. The van der Waals surface area contributed by atoms with Crippen LogP contribution in [0.3, 0.4) is 0 Å². The average molecular weight is 470 g/mol. The van der Waals surface area contributed by atoms with Gasteiger partial charge in [-0.2, -0.15) is 0 Å². The van der Waals surface area contributed by atoms with Crippen molar-refractivity contribution >= 4 is 17.2 Å². The van der Waals surface area contributed by atoms with Gasteiger partial charge in [-0.1, -0.05) is 19.1 Å². The number of nitrogens with zero attached hydrogens (tertiary/aromatic N) is 3. The third kappa shape index (κ3) is 4.91. The lowest BCUT2D eigenvalue weighted by Gasteiger charge is -2.26. The van der Waals surface area contributed by atoms with Gasteiger partial charge in [-0.15, -0.1) is 0 Å². The summed E-state index contributed by atoms with van der Waals surface area (Å²) in [6.07, 6.45) is 8.58. The van der Waals surface area contributed by atoms with E-state index in [0.717, 1.165) is 41.9 Å². The number of rotatable bonds is 6. The van der Waals surface area contributed by atoms with Gasteiger partial charge in [-0.25, -0.2) is 4.98 Å². The van der Waals surface area contributed by atoms with E-state index >= 15 is 0 Å². The number of ether oxygens (including phenoxy) is 1. The molecule has 3 aromatic rings. The summed E-state index contributed by atoms with van der Waals surface area (Å²) in [5.41, 5.74) is 13.4. The molecule has 2 aromatic heterocycles. The van der Waals surface area contributed by atoms with E-state index in [1.807, 2.05) is 12.4 Å². The smallest absolute Gasteiger partial charge is 0.258 e. The van der Waals surface area contributed by atoms with Crippen LogP contribution < -0.4 is 15.8 Å². The Morgan fingerprint density at radius 2 is 1.94 bits per heavy atom. The number of carbonyl (C=O) groups excluding carboxylic acids is 1. The van der Waals surface area contributed by atoms with Crippen molar-refractivity contribution in [2.24, 2.45) is 5.73 Å². The van der Waals surface area contributed by atoms with Crippen LogP contribution in [0.2, 0.25) is 0 Å². The van der Waals surface area contributed by atoms with Gasteiger partial charge in [0.2, 0.25) is 5.88 Å². The van der Waals surface area contributed by atoms with Crippen LogP contribution >= 0.6 is 0 Å². The van der Waals surface area contributed by atoms with Crippen molar-refractivity contribution in [3.63, 3.8) is 0 Å². The van der Waals surface area contributed by atoms with Gasteiger partial charge < -0.3 is 15.8 Å². The molecule has 0 bridgehead atoms. The Bertz CT molecular complexity index is 1260. The Morgan fingerprint density at radius 1 is 1.11 bits per heavy atom.